The molecule has 7 heteroatoms. The summed E-state index contributed by atoms with van der Waals surface area (Å²) in [6.07, 6.45) is 2.51. The zero-order valence-electron chi connectivity index (χ0n) is 15.5. The molecule has 1 aliphatic heterocycles. The maximum atomic E-state index is 13.2. The highest BCUT2D eigenvalue weighted by Gasteiger charge is 2.22. The zero-order valence-corrected chi connectivity index (χ0v) is 15.5. The van der Waals surface area contributed by atoms with Crippen LogP contribution in [-0.4, -0.2) is 48.7 Å². The molecule has 0 spiro atoms. The molecule has 0 fully saturated rings. The topological polar surface area (TPSA) is 79.4 Å². The molecule has 1 aromatic carbocycles. The van der Waals surface area contributed by atoms with Crippen LogP contribution >= 0.6 is 0 Å². The summed E-state index contributed by atoms with van der Waals surface area (Å²) in [7, 11) is 1.86. The third kappa shape index (κ3) is 4.11. The van der Waals surface area contributed by atoms with E-state index < -0.39 is 0 Å². The van der Waals surface area contributed by atoms with E-state index in [9.17, 15) is 4.79 Å². The van der Waals surface area contributed by atoms with Gasteiger partial charge in [0.1, 0.15) is 11.6 Å². The average Bonchev–Trinajstić information content (AvgIpc) is 3.09. The minimum Gasteiger partial charge on any atom is -0.493 e. The molecule has 0 atom stereocenters. The van der Waals surface area contributed by atoms with Crippen LogP contribution in [0.1, 0.15) is 29.8 Å². The van der Waals surface area contributed by atoms with Crippen LogP contribution in [0.25, 0.3) is 0 Å². The molecular formula is C19H25N5O2. The van der Waals surface area contributed by atoms with E-state index >= 15 is 0 Å². The van der Waals surface area contributed by atoms with Gasteiger partial charge in [0, 0.05) is 37.3 Å². The first-order valence-electron chi connectivity index (χ1n) is 8.90. The summed E-state index contributed by atoms with van der Waals surface area (Å²) in [4.78, 5) is 23.6. The van der Waals surface area contributed by atoms with E-state index in [1.807, 2.05) is 39.1 Å². The number of fused-ring (bicyclic) bond motifs is 1. The number of carbonyl (C=O) groups is 1. The van der Waals surface area contributed by atoms with Crippen LogP contribution in [0.2, 0.25) is 0 Å². The second kappa shape index (κ2) is 8.14. The molecule has 7 nitrogen and oxygen atoms in total. The van der Waals surface area contributed by atoms with E-state index in [4.69, 9.17) is 4.74 Å². The van der Waals surface area contributed by atoms with E-state index in [2.05, 4.69) is 20.6 Å². The van der Waals surface area contributed by atoms with Crippen molar-refractivity contribution in [1.82, 2.24) is 15.3 Å². The highest BCUT2D eigenvalue weighted by atomic mass is 16.5. The molecule has 0 bridgehead atoms. The molecule has 1 aliphatic rings. The zero-order chi connectivity index (χ0) is 18.5. The van der Waals surface area contributed by atoms with Gasteiger partial charge in [-0.05, 0) is 50.7 Å². The normalized spacial score (nSPS) is 12.6. The molecule has 2 N–H and O–H groups in total. The van der Waals surface area contributed by atoms with E-state index in [0.29, 0.717) is 37.0 Å². The summed E-state index contributed by atoms with van der Waals surface area (Å²) >= 11 is 0. The summed E-state index contributed by atoms with van der Waals surface area (Å²) in [5.41, 5.74) is 1.72. The first kappa shape index (κ1) is 18.1. The van der Waals surface area contributed by atoms with Crippen LogP contribution in [-0.2, 0) is 6.42 Å². The molecule has 138 valence electrons. The maximum absolute atomic E-state index is 13.2. The van der Waals surface area contributed by atoms with Crippen molar-refractivity contribution in [3.63, 3.8) is 0 Å². The Labute approximate surface area is 153 Å². The average molecular weight is 355 g/mol. The van der Waals surface area contributed by atoms with Gasteiger partial charge in [-0.15, -0.1) is 0 Å². The maximum Gasteiger partial charge on any atom is 0.259 e. The third-order valence-corrected chi connectivity index (χ3v) is 4.10. The Morgan fingerprint density at radius 2 is 2.19 bits per heavy atom. The number of amides is 1. The van der Waals surface area contributed by atoms with Gasteiger partial charge in [0.15, 0.2) is 0 Å². The van der Waals surface area contributed by atoms with Crippen LogP contribution in [0.4, 0.5) is 11.8 Å². The molecule has 2 heterocycles. The molecule has 1 amide bonds. The Morgan fingerprint density at radius 3 is 2.96 bits per heavy atom. The summed E-state index contributed by atoms with van der Waals surface area (Å²) in [6.45, 7) is 5.89. The lowest BCUT2D eigenvalue weighted by molar-refractivity contribution is 0.0986. The fraction of sp³-hybridized carbons (Fsp3) is 0.421. The molecule has 26 heavy (non-hydrogen) atoms. The van der Waals surface area contributed by atoms with E-state index in [0.717, 1.165) is 17.7 Å². The molecule has 0 radical (unpaired) electrons. The molecular weight excluding hydrogens is 330 g/mol. The van der Waals surface area contributed by atoms with Crippen LogP contribution in [0.5, 0.6) is 5.75 Å². The van der Waals surface area contributed by atoms with Gasteiger partial charge in [-0.25, -0.2) is 4.98 Å². The lowest BCUT2D eigenvalue weighted by Crippen LogP contribution is -2.37. The lowest BCUT2D eigenvalue weighted by Gasteiger charge is -2.22. The van der Waals surface area contributed by atoms with Crippen molar-refractivity contribution in [1.29, 1.82) is 0 Å². The summed E-state index contributed by atoms with van der Waals surface area (Å²) < 4.78 is 5.53. The van der Waals surface area contributed by atoms with E-state index in [1.165, 1.54) is 0 Å². The quantitative estimate of drug-likeness (QED) is 0.792. The fourth-order valence-electron chi connectivity index (χ4n) is 2.85. The Balaban J connectivity index is 1.89. The number of carbonyl (C=O) groups excluding carboxylic acids is 1. The third-order valence-electron chi connectivity index (χ3n) is 4.10. The van der Waals surface area contributed by atoms with Gasteiger partial charge in [0.25, 0.3) is 5.91 Å². The molecule has 3 rings (SSSR count). The Kier molecular flexibility index (Phi) is 5.68. The Bertz CT molecular complexity index is 778. The highest BCUT2D eigenvalue weighted by Crippen LogP contribution is 2.27. The number of benzene rings is 1. The first-order valence-corrected chi connectivity index (χ1v) is 8.90. The van der Waals surface area contributed by atoms with Crippen molar-refractivity contribution in [2.24, 2.45) is 0 Å². The predicted octanol–water partition coefficient (Wildman–Crippen LogP) is 2.10. The Hall–Kier alpha value is -2.67. The van der Waals surface area contributed by atoms with Crippen LogP contribution in [0.3, 0.4) is 0 Å². The summed E-state index contributed by atoms with van der Waals surface area (Å²) in [6, 6.07) is 7.58. The summed E-state index contributed by atoms with van der Waals surface area (Å²) in [5, 5.41) is 6.27. The van der Waals surface area contributed by atoms with Crippen molar-refractivity contribution in [2.45, 2.75) is 26.3 Å². The molecule has 1 aromatic heterocycles. The monoisotopic (exact) mass is 355 g/mol. The number of rotatable bonds is 7. The minimum absolute atomic E-state index is 0.0795. The first-order chi connectivity index (χ1) is 12.6. The number of nitrogens with zero attached hydrogens (tertiary/aromatic N) is 3. The van der Waals surface area contributed by atoms with E-state index in [1.54, 1.807) is 17.2 Å². The number of ether oxygens (including phenoxy) is 1. The highest BCUT2D eigenvalue weighted by molar-refractivity contribution is 6.05. The Morgan fingerprint density at radius 1 is 1.35 bits per heavy atom. The van der Waals surface area contributed by atoms with Crippen molar-refractivity contribution in [2.75, 3.05) is 37.0 Å². The van der Waals surface area contributed by atoms with Gasteiger partial charge in [-0.1, -0.05) is 0 Å². The molecule has 0 aliphatic carbocycles. The lowest BCUT2D eigenvalue weighted by atomic mass is 10.1. The van der Waals surface area contributed by atoms with Crippen molar-refractivity contribution < 1.29 is 9.53 Å². The van der Waals surface area contributed by atoms with Crippen molar-refractivity contribution in [3.05, 3.63) is 41.6 Å². The number of likely N-dealkylation sites (N-methyl/N-ethyl adjacent to an activating group) is 1. The number of hydrogen-bond donors (Lipinski definition) is 2. The molecule has 0 unspecified atom stereocenters. The largest absolute Gasteiger partial charge is 0.493 e. The van der Waals surface area contributed by atoms with Gasteiger partial charge in [-0.2, -0.15) is 4.98 Å². The second-order valence-corrected chi connectivity index (χ2v) is 6.52. The molecule has 0 saturated heterocycles. The van der Waals surface area contributed by atoms with Crippen LogP contribution in [0, 0.1) is 0 Å². The van der Waals surface area contributed by atoms with Crippen LogP contribution in [0.15, 0.2) is 30.5 Å². The van der Waals surface area contributed by atoms with Gasteiger partial charge < -0.3 is 15.4 Å². The fourth-order valence-corrected chi connectivity index (χ4v) is 2.85. The van der Waals surface area contributed by atoms with Gasteiger partial charge in [0.05, 0.1) is 6.61 Å². The SMILES string of the molecule is CNCCN(C(=O)c1ccc2c(c1)CCO2)c1ccnc(NC(C)C)n1. The number of hydrogen-bond acceptors (Lipinski definition) is 6. The molecule has 2 aromatic rings. The smallest absolute Gasteiger partial charge is 0.259 e. The van der Waals surface area contributed by atoms with Crippen LogP contribution < -0.4 is 20.3 Å². The number of anilines is 2. The summed E-state index contributed by atoms with van der Waals surface area (Å²) in [5.74, 6) is 1.89. The standard InChI is InChI=1S/C19H25N5O2/c1-13(2)22-19-21-8-6-17(23-19)24(10-9-20-3)18(25)15-4-5-16-14(12-15)7-11-26-16/h4-6,8,12-13,20H,7,9-11H2,1-3H3,(H,21,22,23). The number of nitrogens with one attached hydrogen (secondary N) is 2. The van der Waals surface area contributed by atoms with Crippen molar-refractivity contribution >= 4 is 17.7 Å². The molecule has 0 saturated carbocycles. The second-order valence-electron chi connectivity index (χ2n) is 6.52. The predicted molar refractivity (Wildman–Crippen MR) is 102 cm³/mol. The number of aromatic nitrogens is 2. The van der Waals surface area contributed by atoms with Crippen molar-refractivity contribution in [3.8, 4) is 5.75 Å². The van der Waals surface area contributed by atoms with Gasteiger partial charge in [-0.3, -0.25) is 9.69 Å². The van der Waals surface area contributed by atoms with Gasteiger partial charge in [0.2, 0.25) is 5.95 Å². The van der Waals surface area contributed by atoms with Gasteiger partial charge >= 0.3 is 0 Å². The minimum atomic E-state index is -0.0795. The van der Waals surface area contributed by atoms with E-state index in [-0.39, 0.29) is 11.9 Å².